The molecule has 12 heterocycles. The molecule has 17 rings (SSSR count). The molecule has 0 saturated heterocycles. The summed E-state index contributed by atoms with van der Waals surface area (Å²) in [5.74, 6) is -0.632. The number of aliphatic hydroxyl groups excluding tert-OH is 1. The molecular formula is C88H64F7N15O2. The molecule has 0 bridgehead atoms. The number of fused-ring (bicyclic) bond motifs is 1. The SMILES string of the molecule is CCOc1cc(Cc2cncc(-c3ccnc(-c4ccccc4F)c3)c2)ccn1.Fc1ccccc1-c1cc(-c2cncc(-c3cnc4c(c3)C=C(C(F)(F)F)C4)c2)ccn1.Fc1ccccc1-c1cc(-c2cncc(-n3cccn3)c2)ccn1.OCCn1cc(-c2cncc(-c3ccnc(-c4ccccc4F)c3)n2)cn1. The van der Waals surface area contributed by atoms with Gasteiger partial charge < -0.3 is 9.84 Å². The van der Waals surface area contributed by atoms with E-state index in [0.717, 1.165) is 73.0 Å². The zero-order valence-electron chi connectivity index (χ0n) is 59.6. The Balaban J connectivity index is 0.000000125. The molecule has 4 aromatic carbocycles. The highest BCUT2D eigenvalue weighted by Crippen LogP contribution is 2.38. The fourth-order valence-electron chi connectivity index (χ4n) is 12.2. The fourth-order valence-corrected chi connectivity index (χ4v) is 12.2. The molecule has 0 aliphatic heterocycles. The summed E-state index contributed by atoms with van der Waals surface area (Å²) < 4.78 is 104. The second-order valence-corrected chi connectivity index (χ2v) is 25.3. The maximum absolute atomic E-state index is 14.2. The molecule has 0 amide bonds. The van der Waals surface area contributed by atoms with E-state index >= 15 is 0 Å². The van der Waals surface area contributed by atoms with Gasteiger partial charge in [-0.1, -0.05) is 48.5 Å². The molecule has 1 aliphatic rings. The lowest BCUT2D eigenvalue weighted by atomic mass is 10.0. The van der Waals surface area contributed by atoms with Gasteiger partial charge in [-0.25, -0.2) is 32.2 Å². The predicted molar refractivity (Wildman–Crippen MR) is 414 cm³/mol. The van der Waals surface area contributed by atoms with Crippen LogP contribution in [0.5, 0.6) is 5.88 Å². The van der Waals surface area contributed by atoms with Crippen LogP contribution in [-0.4, -0.2) is 98.9 Å². The molecule has 16 aromatic rings. The third-order valence-electron chi connectivity index (χ3n) is 17.7. The van der Waals surface area contributed by atoms with Crippen LogP contribution in [0.15, 0.2) is 305 Å². The Bertz CT molecular complexity index is 6000. The number of aromatic nitrogens is 15. The van der Waals surface area contributed by atoms with Crippen molar-refractivity contribution in [1.82, 2.24) is 74.4 Å². The Morgan fingerprint density at radius 2 is 0.893 bits per heavy atom. The van der Waals surface area contributed by atoms with Crippen molar-refractivity contribution in [3.8, 4) is 124 Å². The monoisotopic (exact) mass is 1500 g/mol. The number of alkyl halides is 3. The molecule has 24 heteroatoms. The Hall–Kier alpha value is -14.3. The van der Waals surface area contributed by atoms with Crippen LogP contribution in [0.1, 0.15) is 29.3 Å². The standard InChI is InChI=1S/C25H15F4N3.C24H20FN3O.C20H16FN5O.C19H13FN4/c26-22-4-2-1-3-21(22)24-10-15(5-6-31-24)17-8-18(13-30-12-17)19-7-16-9-20(25(27,28)29)11-23(16)32-14-19;1-2-29-24-13-17(7-9-28-24)11-18-12-20(16-26-15-18)19-8-10-27-23(14-19)21-5-3-4-6-22(21)25;21-17-4-2-1-3-16(17)18-9-14(5-6-23-18)19-11-22-12-20(25-19)15-10-24-26(13-15)7-8-27;20-18-5-2-1-4-17(18)19-11-14(6-8-22-19)15-10-16(13-21-12-15)24-9-3-7-23-24/h1-10,12-14H,11H2;3-10,12-16H,2,11H2,1H3;1-6,9-13,27H,7-8H2;1-13H. The molecule has 0 radical (unpaired) electrons. The van der Waals surface area contributed by atoms with Crippen molar-refractivity contribution in [2.24, 2.45) is 0 Å². The summed E-state index contributed by atoms with van der Waals surface area (Å²) in [5.41, 5.74) is 17.0. The number of rotatable bonds is 17. The second kappa shape index (κ2) is 34.8. The molecule has 12 aromatic heterocycles. The van der Waals surface area contributed by atoms with E-state index in [9.17, 15) is 30.7 Å². The minimum Gasteiger partial charge on any atom is -0.478 e. The lowest BCUT2D eigenvalue weighted by molar-refractivity contribution is -0.0918. The van der Waals surface area contributed by atoms with E-state index in [2.05, 4.69) is 71.1 Å². The van der Waals surface area contributed by atoms with Gasteiger partial charge in [0.2, 0.25) is 5.88 Å². The van der Waals surface area contributed by atoms with Gasteiger partial charge in [0.15, 0.2) is 0 Å². The topological polar surface area (TPSA) is 207 Å². The normalized spacial score (nSPS) is 11.4. The van der Waals surface area contributed by atoms with Crippen LogP contribution in [0.25, 0.3) is 124 Å². The van der Waals surface area contributed by atoms with E-state index in [0.29, 0.717) is 98.7 Å². The van der Waals surface area contributed by atoms with Crippen LogP contribution in [-0.2, 0) is 19.4 Å². The molecule has 17 nitrogen and oxygen atoms in total. The fraction of sp³-hybridized carbons (Fsp3) is 0.0795. The summed E-state index contributed by atoms with van der Waals surface area (Å²) >= 11 is 0. The van der Waals surface area contributed by atoms with Gasteiger partial charge in [0.1, 0.15) is 23.3 Å². The third-order valence-corrected chi connectivity index (χ3v) is 17.7. The molecule has 552 valence electrons. The van der Waals surface area contributed by atoms with Crippen molar-refractivity contribution in [3.63, 3.8) is 0 Å². The number of allylic oxidation sites excluding steroid dienone is 1. The van der Waals surface area contributed by atoms with Gasteiger partial charge in [0, 0.05) is 166 Å². The zero-order chi connectivity index (χ0) is 77.3. The van der Waals surface area contributed by atoms with Crippen molar-refractivity contribution in [1.29, 1.82) is 0 Å². The van der Waals surface area contributed by atoms with E-state index in [1.807, 2.05) is 86.2 Å². The number of pyridine rings is 9. The minimum absolute atomic E-state index is 0.0165. The average molecular weight is 1500 g/mol. The number of hydrogen-bond donors (Lipinski definition) is 1. The van der Waals surface area contributed by atoms with Gasteiger partial charge in [-0.3, -0.25) is 49.5 Å². The first-order valence-electron chi connectivity index (χ1n) is 35.2. The lowest BCUT2D eigenvalue weighted by Crippen LogP contribution is -2.11. The van der Waals surface area contributed by atoms with E-state index in [1.54, 1.807) is 199 Å². The summed E-state index contributed by atoms with van der Waals surface area (Å²) in [6.07, 6.45) is 28.1. The largest absolute Gasteiger partial charge is 0.478 e. The average Bonchev–Trinajstić information content (AvgIpc) is 1.39. The third kappa shape index (κ3) is 18.3. The molecule has 0 spiro atoms. The number of aliphatic hydroxyl groups is 1. The van der Waals surface area contributed by atoms with Gasteiger partial charge in [0.25, 0.3) is 0 Å². The zero-order valence-corrected chi connectivity index (χ0v) is 59.6. The Labute approximate surface area is 638 Å². The second-order valence-electron chi connectivity index (χ2n) is 25.3. The number of benzene rings is 4. The van der Waals surface area contributed by atoms with Crippen LogP contribution in [0.2, 0.25) is 0 Å². The van der Waals surface area contributed by atoms with E-state index in [-0.39, 0.29) is 36.3 Å². The predicted octanol–water partition coefficient (Wildman–Crippen LogP) is 19.2. The molecule has 0 unspecified atom stereocenters. The molecule has 1 N–H and O–H groups in total. The highest BCUT2D eigenvalue weighted by atomic mass is 19.4. The quantitative estimate of drug-likeness (QED) is 0.0841. The van der Waals surface area contributed by atoms with Gasteiger partial charge in [0.05, 0.1) is 90.1 Å². The highest BCUT2D eigenvalue weighted by Gasteiger charge is 2.37. The summed E-state index contributed by atoms with van der Waals surface area (Å²) in [6, 6.07) is 54.3. The van der Waals surface area contributed by atoms with E-state index in [1.165, 1.54) is 24.3 Å². The minimum atomic E-state index is -4.36. The van der Waals surface area contributed by atoms with Crippen LogP contribution < -0.4 is 4.74 Å². The molecule has 0 atom stereocenters. The number of hydrogen-bond acceptors (Lipinski definition) is 15. The van der Waals surface area contributed by atoms with Crippen LogP contribution in [0.4, 0.5) is 30.7 Å². The van der Waals surface area contributed by atoms with Gasteiger partial charge in [-0.2, -0.15) is 23.4 Å². The van der Waals surface area contributed by atoms with E-state index < -0.39 is 11.7 Å². The van der Waals surface area contributed by atoms with Crippen LogP contribution in [0.3, 0.4) is 0 Å². The van der Waals surface area contributed by atoms with Crippen molar-refractivity contribution in [2.75, 3.05) is 13.2 Å². The first-order valence-corrected chi connectivity index (χ1v) is 35.2. The van der Waals surface area contributed by atoms with Crippen molar-refractivity contribution in [3.05, 3.63) is 351 Å². The lowest BCUT2D eigenvalue weighted by Gasteiger charge is -2.08. The van der Waals surface area contributed by atoms with Crippen molar-refractivity contribution < 1.29 is 40.6 Å². The Morgan fingerprint density at radius 1 is 0.411 bits per heavy atom. The maximum Gasteiger partial charge on any atom is 0.413 e. The Kier molecular flexibility index (Phi) is 23.1. The molecule has 112 heavy (non-hydrogen) atoms. The maximum atomic E-state index is 14.2. The van der Waals surface area contributed by atoms with Crippen LogP contribution >= 0.6 is 0 Å². The van der Waals surface area contributed by atoms with Gasteiger partial charge >= 0.3 is 6.18 Å². The molecular weight excluding hydrogens is 1430 g/mol. The van der Waals surface area contributed by atoms with Gasteiger partial charge in [-0.15, -0.1) is 0 Å². The van der Waals surface area contributed by atoms with Crippen molar-refractivity contribution >= 4 is 6.08 Å². The smallest absolute Gasteiger partial charge is 0.413 e. The number of nitrogens with zero attached hydrogens (tertiary/aromatic N) is 15. The summed E-state index contributed by atoms with van der Waals surface area (Å²) in [4.78, 5) is 47.5. The summed E-state index contributed by atoms with van der Waals surface area (Å²) in [7, 11) is 0. The first kappa shape index (κ1) is 74.6. The molecule has 0 fully saturated rings. The number of halogens is 7. The molecule has 0 saturated carbocycles. The highest BCUT2D eigenvalue weighted by molar-refractivity contribution is 5.78. The number of ether oxygens (including phenoxy) is 1. The van der Waals surface area contributed by atoms with Crippen molar-refractivity contribution in [2.45, 2.75) is 32.5 Å². The van der Waals surface area contributed by atoms with E-state index in [4.69, 9.17) is 9.84 Å². The Morgan fingerprint density at radius 3 is 1.43 bits per heavy atom. The van der Waals surface area contributed by atoms with Gasteiger partial charge in [-0.05, 0) is 186 Å². The first-order chi connectivity index (χ1) is 54.7. The molecule has 1 aliphatic carbocycles. The summed E-state index contributed by atoms with van der Waals surface area (Å²) in [5, 5.41) is 17.4. The summed E-state index contributed by atoms with van der Waals surface area (Å²) in [6.45, 7) is 2.96. The van der Waals surface area contributed by atoms with Crippen LogP contribution in [0, 0.1) is 23.3 Å².